The van der Waals surface area contributed by atoms with E-state index in [2.05, 4.69) is 33.0 Å². The Labute approximate surface area is 105 Å². The van der Waals surface area contributed by atoms with E-state index in [1.807, 2.05) is 0 Å². The second-order valence-corrected chi connectivity index (χ2v) is 6.05. The van der Waals surface area contributed by atoms with Crippen LogP contribution in [-0.2, 0) is 9.53 Å². The number of carbonyl (C=O) groups excluding carboxylic acids is 1. The van der Waals surface area contributed by atoms with Crippen LogP contribution in [-0.4, -0.2) is 25.2 Å². The molecule has 3 heteroatoms. The zero-order chi connectivity index (χ0) is 13.1. The Hall–Kier alpha value is -0.570. The van der Waals surface area contributed by atoms with Crippen molar-refractivity contribution < 1.29 is 9.53 Å². The van der Waals surface area contributed by atoms with E-state index in [0.717, 1.165) is 25.8 Å². The highest BCUT2D eigenvalue weighted by Gasteiger charge is 2.44. The topological polar surface area (TPSA) is 38.3 Å². The van der Waals surface area contributed by atoms with Crippen molar-refractivity contribution in [2.24, 2.45) is 17.8 Å². The maximum atomic E-state index is 12.1. The van der Waals surface area contributed by atoms with E-state index in [1.165, 1.54) is 7.11 Å². The highest BCUT2D eigenvalue weighted by Crippen LogP contribution is 2.37. The van der Waals surface area contributed by atoms with Gasteiger partial charge in [0, 0.05) is 0 Å². The summed E-state index contributed by atoms with van der Waals surface area (Å²) >= 11 is 0. The number of rotatable bonds is 4. The van der Waals surface area contributed by atoms with Crippen molar-refractivity contribution in [3.05, 3.63) is 0 Å². The Morgan fingerprint density at radius 1 is 1.41 bits per heavy atom. The molecule has 0 saturated heterocycles. The SMILES string of the molecule is COC(=O)C1(NCC(C)C)CCC(C)C(C)C1. The molecule has 1 fully saturated rings. The molecule has 1 N–H and O–H groups in total. The number of carbonyl (C=O) groups is 1. The van der Waals surface area contributed by atoms with Gasteiger partial charge in [0.05, 0.1) is 7.11 Å². The van der Waals surface area contributed by atoms with Crippen molar-refractivity contribution >= 4 is 5.97 Å². The third kappa shape index (κ3) is 3.44. The van der Waals surface area contributed by atoms with E-state index in [1.54, 1.807) is 0 Å². The Balaban J connectivity index is 2.76. The minimum absolute atomic E-state index is 0.0862. The standard InChI is InChI=1S/C14H27NO2/c1-10(2)9-15-14(13(16)17-5)7-6-11(3)12(4)8-14/h10-12,15H,6-9H2,1-5H3. The molecule has 1 rings (SSSR count). The van der Waals surface area contributed by atoms with Gasteiger partial charge in [-0.2, -0.15) is 0 Å². The molecule has 0 aromatic rings. The lowest BCUT2D eigenvalue weighted by atomic mass is 9.71. The van der Waals surface area contributed by atoms with E-state index in [0.29, 0.717) is 17.8 Å². The molecule has 0 spiro atoms. The van der Waals surface area contributed by atoms with Gasteiger partial charge in [0.1, 0.15) is 5.54 Å². The summed E-state index contributed by atoms with van der Waals surface area (Å²) in [6.07, 6.45) is 2.90. The van der Waals surface area contributed by atoms with Crippen LogP contribution >= 0.6 is 0 Å². The first kappa shape index (κ1) is 14.5. The first-order valence-electron chi connectivity index (χ1n) is 6.74. The zero-order valence-corrected chi connectivity index (χ0v) is 11.9. The molecule has 17 heavy (non-hydrogen) atoms. The third-order valence-electron chi connectivity index (χ3n) is 4.09. The summed E-state index contributed by atoms with van der Waals surface area (Å²) in [4.78, 5) is 12.1. The van der Waals surface area contributed by atoms with Gasteiger partial charge >= 0.3 is 5.97 Å². The molecule has 1 aliphatic rings. The molecule has 0 radical (unpaired) electrons. The summed E-state index contributed by atoms with van der Waals surface area (Å²) in [6.45, 7) is 9.70. The van der Waals surface area contributed by atoms with E-state index < -0.39 is 5.54 Å². The molecule has 0 amide bonds. The molecule has 100 valence electrons. The molecule has 3 atom stereocenters. The fourth-order valence-corrected chi connectivity index (χ4v) is 2.62. The molecule has 1 saturated carbocycles. The molecule has 3 nitrogen and oxygen atoms in total. The van der Waals surface area contributed by atoms with Crippen molar-refractivity contribution in [2.45, 2.75) is 52.5 Å². The van der Waals surface area contributed by atoms with Crippen molar-refractivity contribution in [3.8, 4) is 0 Å². The fraction of sp³-hybridized carbons (Fsp3) is 0.929. The summed E-state index contributed by atoms with van der Waals surface area (Å²) < 4.78 is 5.01. The quantitative estimate of drug-likeness (QED) is 0.769. The van der Waals surface area contributed by atoms with Crippen LogP contribution in [0.25, 0.3) is 0 Å². The predicted octanol–water partition coefficient (Wildman–Crippen LogP) is 2.60. The fourth-order valence-electron chi connectivity index (χ4n) is 2.62. The second-order valence-electron chi connectivity index (χ2n) is 6.05. The van der Waals surface area contributed by atoms with Gasteiger partial charge in [-0.1, -0.05) is 27.7 Å². The minimum Gasteiger partial charge on any atom is -0.468 e. The molecule has 0 aliphatic heterocycles. The average Bonchev–Trinajstić information content (AvgIpc) is 2.30. The number of hydrogen-bond donors (Lipinski definition) is 1. The lowest BCUT2D eigenvalue weighted by Gasteiger charge is -2.41. The van der Waals surface area contributed by atoms with Crippen molar-refractivity contribution in [3.63, 3.8) is 0 Å². The van der Waals surface area contributed by atoms with Crippen LogP contribution in [0, 0.1) is 17.8 Å². The van der Waals surface area contributed by atoms with Gasteiger partial charge in [0.2, 0.25) is 0 Å². The van der Waals surface area contributed by atoms with Gasteiger partial charge in [0.15, 0.2) is 0 Å². The van der Waals surface area contributed by atoms with Gasteiger partial charge < -0.3 is 10.1 Å². The summed E-state index contributed by atoms with van der Waals surface area (Å²) in [7, 11) is 1.49. The Kier molecular flexibility index (Phi) is 4.99. The number of nitrogens with one attached hydrogen (secondary N) is 1. The molecule has 3 unspecified atom stereocenters. The highest BCUT2D eigenvalue weighted by molar-refractivity contribution is 5.81. The van der Waals surface area contributed by atoms with Crippen LogP contribution in [0.1, 0.15) is 47.0 Å². The van der Waals surface area contributed by atoms with Gasteiger partial charge in [-0.3, -0.25) is 4.79 Å². The van der Waals surface area contributed by atoms with Gasteiger partial charge in [-0.05, 0) is 43.6 Å². The Bertz CT molecular complexity index is 265. The lowest BCUT2D eigenvalue weighted by Crippen LogP contribution is -2.57. The van der Waals surface area contributed by atoms with Gasteiger partial charge in [-0.25, -0.2) is 0 Å². The summed E-state index contributed by atoms with van der Waals surface area (Å²) in [5.41, 5.74) is -0.440. The van der Waals surface area contributed by atoms with Crippen LogP contribution in [0.15, 0.2) is 0 Å². The lowest BCUT2D eigenvalue weighted by molar-refractivity contribution is -0.151. The number of ether oxygens (including phenoxy) is 1. The molecular weight excluding hydrogens is 214 g/mol. The first-order chi connectivity index (χ1) is 7.91. The van der Waals surface area contributed by atoms with Gasteiger partial charge in [-0.15, -0.1) is 0 Å². The monoisotopic (exact) mass is 241 g/mol. The van der Waals surface area contributed by atoms with E-state index in [9.17, 15) is 4.79 Å². The second kappa shape index (κ2) is 5.85. The number of esters is 1. The minimum atomic E-state index is -0.440. The van der Waals surface area contributed by atoms with Crippen molar-refractivity contribution in [1.82, 2.24) is 5.32 Å². The van der Waals surface area contributed by atoms with Crippen LogP contribution in [0.5, 0.6) is 0 Å². The highest BCUT2D eigenvalue weighted by atomic mass is 16.5. The molecule has 0 heterocycles. The summed E-state index contributed by atoms with van der Waals surface area (Å²) in [5, 5.41) is 3.46. The third-order valence-corrected chi connectivity index (χ3v) is 4.09. The summed E-state index contributed by atoms with van der Waals surface area (Å²) in [6, 6.07) is 0. The van der Waals surface area contributed by atoms with Crippen LogP contribution in [0.3, 0.4) is 0 Å². The Morgan fingerprint density at radius 3 is 2.53 bits per heavy atom. The summed E-state index contributed by atoms with van der Waals surface area (Å²) in [5.74, 6) is 1.74. The van der Waals surface area contributed by atoms with Crippen LogP contribution in [0.2, 0.25) is 0 Å². The molecular formula is C14H27NO2. The molecule has 1 aliphatic carbocycles. The molecule has 0 aromatic carbocycles. The number of methoxy groups -OCH3 is 1. The first-order valence-corrected chi connectivity index (χ1v) is 6.74. The molecule has 0 bridgehead atoms. The Morgan fingerprint density at radius 2 is 2.06 bits per heavy atom. The predicted molar refractivity (Wildman–Crippen MR) is 69.8 cm³/mol. The van der Waals surface area contributed by atoms with E-state index >= 15 is 0 Å². The van der Waals surface area contributed by atoms with Crippen molar-refractivity contribution in [2.75, 3.05) is 13.7 Å². The molecule has 0 aromatic heterocycles. The zero-order valence-electron chi connectivity index (χ0n) is 11.9. The van der Waals surface area contributed by atoms with Crippen LogP contribution in [0.4, 0.5) is 0 Å². The normalized spacial score (nSPS) is 33.8. The number of hydrogen-bond acceptors (Lipinski definition) is 3. The van der Waals surface area contributed by atoms with Crippen LogP contribution < -0.4 is 5.32 Å². The maximum Gasteiger partial charge on any atom is 0.326 e. The smallest absolute Gasteiger partial charge is 0.326 e. The van der Waals surface area contributed by atoms with E-state index in [4.69, 9.17) is 4.74 Å². The van der Waals surface area contributed by atoms with Crippen molar-refractivity contribution in [1.29, 1.82) is 0 Å². The largest absolute Gasteiger partial charge is 0.468 e. The van der Waals surface area contributed by atoms with Gasteiger partial charge in [0.25, 0.3) is 0 Å². The maximum absolute atomic E-state index is 12.1. The van der Waals surface area contributed by atoms with E-state index in [-0.39, 0.29) is 5.97 Å². The average molecular weight is 241 g/mol.